The van der Waals surface area contributed by atoms with Gasteiger partial charge >= 0.3 is 5.97 Å². The number of hydrogen-bond donors (Lipinski definition) is 5. The van der Waals surface area contributed by atoms with Crippen LogP contribution in [0.4, 0.5) is 0 Å². The van der Waals surface area contributed by atoms with Crippen molar-refractivity contribution in [2.45, 2.75) is 18.1 Å². The number of carboxylic acid groups (broad SMARTS) is 1. The average Bonchev–Trinajstić information content (AvgIpc) is 2.92. The summed E-state index contributed by atoms with van der Waals surface area (Å²) in [5.41, 5.74) is 13.3. The number of hydrazine groups is 1. The number of nitrogens with two attached hydrogens (primary N) is 1. The Bertz CT molecular complexity index is 595. The highest BCUT2D eigenvalue weighted by atomic mass is 16.4. The molecule has 0 bridgehead atoms. The maximum atomic E-state index is 11.2. The second-order valence-electron chi connectivity index (χ2n) is 4.45. The monoisotopic (exact) mass is 246 g/mol. The molecule has 3 atom stereocenters. The van der Waals surface area contributed by atoms with Crippen molar-refractivity contribution in [1.29, 1.82) is 0 Å². The molecular formula is C12H14N4O2. The molecule has 6 N–H and O–H groups in total. The number of aromatic amines is 1. The number of benzene rings is 1. The summed E-state index contributed by atoms with van der Waals surface area (Å²) in [6.07, 6.45) is 1.41. The van der Waals surface area contributed by atoms with Crippen molar-refractivity contribution < 1.29 is 9.90 Å². The van der Waals surface area contributed by atoms with E-state index < -0.39 is 18.2 Å². The Hall–Kier alpha value is -1.89. The van der Waals surface area contributed by atoms with E-state index in [1.54, 1.807) is 0 Å². The number of carboxylic acids is 1. The van der Waals surface area contributed by atoms with Gasteiger partial charge in [0.15, 0.2) is 0 Å². The Morgan fingerprint density at radius 2 is 2.06 bits per heavy atom. The third kappa shape index (κ3) is 1.59. The number of hydrogen-bond acceptors (Lipinski definition) is 4. The maximum Gasteiger partial charge on any atom is 0.322 e. The van der Waals surface area contributed by atoms with Crippen molar-refractivity contribution in [3.8, 4) is 0 Å². The summed E-state index contributed by atoms with van der Waals surface area (Å²) in [6.45, 7) is 0. The van der Waals surface area contributed by atoms with Crippen LogP contribution in [-0.2, 0) is 4.79 Å². The minimum absolute atomic E-state index is 0.307. The highest BCUT2D eigenvalue weighted by Gasteiger charge is 2.40. The van der Waals surface area contributed by atoms with Crippen molar-refractivity contribution in [2.24, 2.45) is 5.73 Å². The van der Waals surface area contributed by atoms with E-state index in [2.05, 4.69) is 15.8 Å². The molecule has 1 saturated heterocycles. The van der Waals surface area contributed by atoms with Gasteiger partial charge in [-0.3, -0.25) is 4.79 Å². The number of aromatic nitrogens is 1. The standard InChI is InChI=1S/C12H14N4O2/c13-11-9(10(12(17)18)15-16-11)7-5-14-8-4-2-1-3-6(7)8/h1-5,9-11,14-16H,13H2,(H,17,18). The number of fused-ring (bicyclic) bond motifs is 1. The third-order valence-electron chi connectivity index (χ3n) is 3.40. The highest BCUT2D eigenvalue weighted by molar-refractivity contribution is 5.85. The van der Waals surface area contributed by atoms with Crippen LogP contribution in [0.5, 0.6) is 0 Å². The molecule has 0 saturated carbocycles. The SMILES string of the molecule is NC1NNC(C(=O)O)C1c1c[nH]c2ccccc12. The first-order chi connectivity index (χ1) is 8.68. The summed E-state index contributed by atoms with van der Waals surface area (Å²) in [5.74, 6) is -1.22. The summed E-state index contributed by atoms with van der Waals surface area (Å²) in [4.78, 5) is 14.4. The molecule has 1 aliphatic heterocycles. The molecule has 2 heterocycles. The first-order valence-corrected chi connectivity index (χ1v) is 5.74. The van der Waals surface area contributed by atoms with E-state index in [0.717, 1.165) is 16.5 Å². The molecule has 0 aliphatic carbocycles. The van der Waals surface area contributed by atoms with Crippen LogP contribution in [0, 0.1) is 0 Å². The Labute approximate surface area is 103 Å². The van der Waals surface area contributed by atoms with E-state index >= 15 is 0 Å². The summed E-state index contributed by atoms with van der Waals surface area (Å²) < 4.78 is 0. The number of carbonyl (C=O) groups is 1. The van der Waals surface area contributed by atoms with Crippen LogP contribution in [0.1, 0.15) is 11.5 Å². The topological polar surface area (TPSA) is 103 Å². The van der Waals surface area contributed by atoms with E-state index in [1.165, 1.54) is 0 Å². The predicted molar refractivity (Wildman–Crippen MR) is 66.7 cm³/mol. The molecule has 6 heteroatoms. The van der Waals surface area contributed by atoms with Crippen molar-refractivity contribution in [2.75, 3.05) is 0 Å². The molecule has 3 unspecified atom stereocenters. The summed E-state index contributed by atoms with van der Waals surface area (Å²) in [5, 5.41) is 10.2. The molecule has 1 aromatic heterocycles. The zero-order chi connectivity index (χ0) is 12.7. The summed E-state index contributed by atoms with van der Waals surface area (Å²) >= 11 is 0. The maximum absolute atomic E-state index is 11.2. The quantitative estimate of drug-likeness (QED) is 0.517. The normalized spacial score (nSPS) is 27.7. The number of para-hydroxylation sites is 1. The molecule has 0 amide bonds. The van der Waals surface area contributed by atoms with E-state index in [4.69, 9.17) is 5.73 Å². The van der Waals surface area contributed by atoms with Crippen molar-refractivity contribution in [3.63, 3.8) is 0 Å². The molecule has 3 rings (SSSR count). The van der Waals surface area contributed by atoms with Crippen LogP contribution >= 0.6 is 0 Å². The Morgan fingerprint density at radius 3 is 2.83 bits per heavy atom. The van der Waals surface area contributed by atoms with Crippen LogP contribution in [-0.4, -0.2) is 28.3 Å². The minimum atomic E-state index is -0.911. The van der Waals surface area contributed by atoms with Gasteiger partial charge in [0.2, 0.25) is 0 Å². The van der Waals surface area contributed by atoms with E-state index in [-0.39, 0.29) is 5.92 Å². The largest absolute Gasteiger partial charge is 0.480 e. The fourth-order valence-electron chi connectivity index (χ4n) is 2.53. The molecule has 0 radical (unpaired) electrons. The fourth-order valence-corrected chi connectivity index (χ4v) is 2.53. The Morgan fingerprint density at radius 1 is 1.28 bits per heavy atom. The number of rotatable bonds is 2. The summed E-state index contributed by atoms with van der Waals surface area (Å²) in [7, 11) is 0. The second kappa shape index (κ2) is 4.09. The summed E-state index contributed by atoms with van der Waals surface area (Å²) in [6, 6.07) is 7.06. The Kier molecular flexibility index (Phi) is 2.55. The minimum Gasteiger partial charge on any atom is -0.480 e. The molecule has 1 aliphatic rings. The van der Waals surface area contributed by atoms with Crippen LogP contribution in [0.15, 0.2) is 30.5 Å². The molecule has 2 aromatic rings. The van der Waals surface area contributed by atoms with Gasteiger partial charge in [0, 0.05) is 23.0 Å². The van der Waals surface area contributed by atoms with Crippen molar-refractivity contribution >= 4 is 16.9 Å². The van der Waals surface area contributed by atoms with E-state index in [1.807, 2.05) is 30.5 Å². The molecule has 1 fully saturated rings. The van der Waals surface area contributed by atoms with Gasteiger partial charge in [-0.05, 0) is 11.6 Å². The lowest BCUT2D eigenvalue weighted by Crippen LogP contribution is -2.39. The van der Waals surface area contributed by atoms with Crippen LogP contribution in [0.2, 0.25) is 0 Å². The number of aliphatic carboxylic acids is 1. The predicted octanol–water partition coefficient (Wildman–Crippen LogP) is 0.0973. The first kappa shape index (κ1) is 11.2. The lowest BCUT2D eigenvalue weighted by molar-refractivity contribution is -0.139. The molecule has 6 nitrogen and oxygen atoms in total. The molecule has 94 valence electrons. The van der Waals surface area contributed by atoms with Gasteiger partial charge in [-0.25, -0.2) is 10.9 Å². The Balaban J connectivity index is 2.10. The first-order valence-electron chi connectivity index (χ1n) is 5.74. The molecular weight excluding hydrogens is 232 g/mol. The molecule has 0 spiro atoms. The van der Waals surface area contributed by atoms with Crippen LogP contribution in [0.25, 0.3) is 10.9 Å². The smallest absolute Gasteiger partial charge is 0.322 e. The van der Waals surface area contributed by atoms with E-state index in [0.29, 0.717) is 0 Å². The van der Waals surface area contributed by atoms with Gasteiger partial charge in [-0.1, -0.05) is 18.2 Å². The van der Waals surface area contributed by atoms with Gasteiger partial charge in [-0.2, -0.15) is 0 Å². The zero-order valence-corrected chi connectivity index (χ0v) is 9.55. The molecule has 18 heavy (non-hydrogen) atoms. The average molecular weight is 246 g/mol. The number of nitrogens with one attached hydrogen (secondary N) is 3. The zero-order valence-electron chi connectivity index (χ0n) is 9.55. The fraction of sp³-hybridized carbons (Fsp3) is 0.250. The van der Waals surface area contributed by atoms with Gasteiger partial charge in [0.1, 0.15) is 6.04 Å². The van der Waals surface area contributed by atoms with Crippen LogP contribution in [0.3, 0.4) is 0 Å². The van der Waals surface area contributed by atoms with Gasteiger partial charge in [0.05, 0.1) is 6.17 Å². The highest BCUT2D eigenvalue weighted by Crippen LogP contribution is 2.31. The van der Waals surface area contributed by atoms with Crippen molar-refractivity contribution in [3.05, 3.63) is 36.0 Å². The van der Waals surface area contributed by atoms with Crippen molar-refractivity contribution in [1.82, 2.24) is 15.8 Å². The van der Waals surface area contributed by atoms with E-state index in [9.17, 15) is 9.90 Å². The lowest BCUT2D eigenvalue weighted by atomic mass is 9.90. The van der Waals surface area contributed by atoms with Crippen LogP contribution < -0.4 is 16.6 Å². The lowest BCUT2D eigenvalue weighted by Gasteiger charge is -2.17. The third-order valence-corrected chi connectivity index (χ3v) is 3.40. The second-order valence-corrected chi connectivity index (χ2v) is 4.45. The van der Waals surface area contributed by atoms with Gasteiger partial charge in [-0.15, -0.1) is 0 Å². The number of H-pyrrole nitrogens is 1. The van der Waals surface area contributed by atoms with Gasteiger partial charge in [0.25, 0.3) is 0 Å². The molecule has 1 aromatic carbocycles. The van der Waals surface area contributed by atoms with Gasteiger partial charge < -0.3 is 15.8 Å².